The summed E-state index contributed by atoms with van der Waals surface area (Å²) in [6, 6.07) is 12.6. The van der Waals surface area contributed by atoms with Crippen LogP contribution in [-0.2, 0) is 32.0 Å². The Hall–Kier alpha value is -3.07. The molecule has 0 aliphatic carbocycles. The van der Waals surface area contributed by atoms with Crippen LogP contribution in [0.1, 0.15) is 23.7 Å². The molecule has 0 fully saturated rings. The summed E-state index contributed by atoms with van der Waals surface area (Å²) in [6.45, 7) is 3.72. The number of hydrogen-bond donors (Lipinski definition) is 0. The average Bonchev–Trinajstić information content (AvgIpc) is 3.03. The molecule has 170 valence electrons. The lowest BCUT2D eigenvalue weighted by atomic mass is 10.1. The number of esters is 1. The molecule has 0 saturated carbocycles. The molecular formula is C23H22F3NO4S. The van der Waals surface area contributed by atoms with Gasteiger partial charge < -0.3 is 9.30 Å². The predicted octanol–water partition coefficient (Wildman–Crippen LogP) is 4.98. The van der Waals surface area contributed by atoms with Gasteiger partial charge in [-0.05, 0) is 67.4 Å². The molecule has 0 N–H and O–H groups in total. The highest BCUT2D eigenvalue weighted by Gasteiger charge is 2.30. The molecule has 3 rings (SSSR count). The van der Waals surface area contributed by atoms with Crippen molar-refractivity contribution in [2.75, 3.05) is 12.9 Å². The number of halogens is 3. The first-order valence-electron chi connectivity index (χ1n) is 9.76. The number of hydrogen-bond acceptors (Lipinski definition) is 4. The van der Waals surface area contributed by atoms with Gasteiger partial charge in [0.15, 0.2) is 9.84 Å². The van der Waals surface area contributed by atoms with Crippen LogP contribution in [0.4, 0.5) is 13.2 Å². The molecule has 0 aliphatic rings. The summed E-state index contributed by atoms with van der Waals surface area (Å²) in [4.78, 5) is 12.2. The quantitative estimate of drug-likeness (QED) is 0.482. The van der Waals surface area contributed by atoms with Crippen LogP contribution < -0.4 is 0 Å². The highest BCUT2D eigenvalue weighted by molar-refractivity contribution is 7.90. The van der Waals surface area contributed by atoms with E-state index in [2.05, 4.69) is 0 Å². The summed E-state index contributed by atoms with van der Waals surface area (Å²) in [5.41, 5.74) is 2.29. The van der Waals surface area contributed by atoms with E-state index in [9.17, 15) is 26.4 Å². The maximum atomic E-state index is 13.0. The minimum absolute atomic E-state index is 0.00172. The van der Waals surface area contributed by atoms with Crippen LogP contribution >= 0.6 is 0 Å². The number of ether oxygens (including phenoxy) is 1. The summed E-state index contributed by atoms with van der Waals surface area (Å²) in [5, 5.41) is 0. The van der Waals surface area contributed by atoms with Crippen molar-refractivity contribution in [3.63, 3.8) is 0 Å². The summed E-state index contributed by atoms with van der Waals surface area (Å²) in [6.07, 6.45) is -3.34. The van der Waals surface area contributed by atoms with E-state index in [1.165, 1.54) is 24.3 Å². The minimum atomic E-state index is -4.45. The molecule has 32 heavy (non-hydrogen) atoms. The van der Waals surface area contributed by atoms with E-state index in [1.807, 2.05) is 0 Å². The van der Waals surface area contributed by atoms with Gasteiger partial charge in [0.2, 0.25) is 0 Å². The topological polar surface area (TPSA) is 65.4 Å². The molecule has 0 aliphatic heterocycles. The Morgan fingerprint density at radius 3 is 2.12 bits per heavy atom. The molecule has 1 heterocycles. The van der Waals surface area contributed by atoms with Gasteiger partial charge in [0.1, 0.15) is 0 Å². The second-order valence-corrected chi connectivity index (χ2v) is 9.31. The van der Waals surface area contributed by atoms with Crippen LogP contribution in [0, 0.1) is 6.92 Å². The van der Waals surface area contributed by atoms with E-state index in [-0.39, 0.29) is 17.9 Å². The minimum Gasteiger partial charge on any atom is -0.466 e. The second kappa shape index (κ2) is 8.82. The lowest BCUT2D eigenvalue weighted by molar-refractivity contribution is -0.142. The van der Waals surface area contributed by atoms with Gasteiger partial charge in [-0.3, -0.25) is 4.79 Å². The fourth-order valence-electron chi connectivity index (χ4n) is 3.42. The highest BCUT2D eigenvalue weighted by atomic mass is 32.2. The normalized spacial score (nSPS) is 12.1. The van der Waals surface area contributed by atoms with Gasteiger partial charge in [0.05, 0.1) is 29.2 Å². The molecule has 2 aromatic carbocycles. The van der Waals surface area contributed by atoms with Crippen LogP contribution in [0.2, 0.25) is 0 Å². The summed E-state index contributed by atoms with van der Waals surface area (Å²) in [7, 11) is -3.39. The number of aromatic nitrogens is 1. The number of carbonyl (C=O) groups is 1. The Labute approximate surface area is 184 Å². The van der Waals surface area contributed by atoms with Crippen LogP contribution in [0.5, 0.6) is 0 Å². The van der Waals surface area contributed by atoms with Crippen molar-refractivity contribution in [2.45, 2.75) is 31.3 Å². The zero-order chi connectivity index (χ0) is 23.7. The smallest absolute Gasteiger partial charge is 0.416 e. The number of carbonyl (C=O) groups excluding carboxylic acids is 1. The molecule has 0 amide bonds. The molecule has 0 bridgehead atoms. The number of nitrogens with zero attached hydrogens (tertiary/aromatic N) is 1. The fourth-order valence-corrected chi connectivity index (χ4v) is 4.05. The molecule has 0 atom stereocenters. The van der Waals surface area contributed by atoms with E-state index in [4.69, 9.17) is 4.74 Å². The molecule has 5 nitrogen and oxygen atoms in total. The zero-order valence-corrected chi connectivity index (χ0v) is 18.5. The van der Waals surface area contributed by atoms with E-state index in [1.54, 1.807) is 36.6 Å². The third-order valence-corrected chi connectivity index (χ3v) is 6.15. The monoisotopic (exact) mass is 465 g/mol. The third-order valence-electron chi connectivity index (χ3n) is 5.02. The highest BCUT2D eigenvalue weighted by Crippen LogP contribution is 2.34. The predicted molar refractivity (Wildman–Crippen MR) is 114 cm³/mol. The fraction of sp³-hybridized carbons (Fsp3) is 0.261. The van der Waals surface area contributed by atoms with Crippen LogP contribution in [0.15, 0.2) is 59.5 Å². The van der Waals surface area contributed by atoms with Crippen molar-refractivity contribution in [3.05, 3.63) is 71.4 Å². The SMILES string of the molecule is CCOC(=O)Cc1cc(-c2ccc(C(F)(F)F)cc2)n(-c2ccc(S(C)(=O)=O)cc2)c1C. The van der Waals surface area contributed by atoms with Crippen molar-refractivity contribution in [2.24, 2.45) is 0 Å². The third kappa shape index (κ3) is 5.04. The van der Waals surface area contributed by atoms with Crippen molar-refractivity contribution >= 4 is 15.8 Å². The zero-order valence-electron chi connectivity index (χ0n) is 17.7. The van der Waals surface area contributed by atoms with Gasteiger partial charge >= 0.3 is 12.1 Å². The van der Waals surface area contributed by atoms with E-state index in [0.717, 1.165) is 18.4 Å². The number of sulfone groups is 1. The molecule has 0 unspecified atom stereocenters. The van der Waals surface area contributed by atoms with Crippen LogP contribution in [0.3, 0.4) is 0 Å². The maximum absolute atomic E-state index is 13.0. The summed E-state index contributed by atoms with van der Waals surface area (Å²) in [5.74, 6) is -0.417. The summed E-state index contributed by atoms with van der Waals surface area (Å²) < 4.78 is 69.3. The molecule has 0 radical (unpaired) electrons. The largest absolute Gasteiger partial charge is 0.466 e. The molecule has 3 aromatic rings. The Morgan fingerprint density at radius 2 is 1.62 bits per heavy atom. The second-order valence-electron chi connectivity index (χ2n) is 7.30. The standard InChI is InChI=1S/C23H22F3NO4S/c1-4-31-22(28)14-17-13-21(16-5-7-18(8-6-16)23(24,25)26)27(15(17)2)19-9-11-20(12-10-19)32(3,29)30/h5-13H,4,14H2,1-3H3. The van der Waals surface area contributed by atoms with Crippen LogP contribution in [-0.4, -0.2) is 31.8 Å². The first-order valence-corrected chi connectivity index (χ1v) is 11.7. The van der Waals surface area contributed by atoms with E-state index >= 15 is 0 Å². The van der Waals surface area contributed by atoms with Gasteiger partial charge in [0, 0.05) is 17.6 Å². The van der Waals surface area contributed by atoms with Crippen molar-refractivity contribution in [1.29, 1.82) is 0 Å². The lowest BCUT2D eigenvalue weighted by Gasteiger charge is -2.14. The van der Waals surface area contributed by atoms with Crippen molar-refractivity contribution in [3.8, 4) is 16.9 Å². The first-order chi connectivity index (χ1) is 14.9. The molecule has 9 heteroatoms. The van der Waals surface area contributed by atoms with Crippen LogP contribution in [0.25, 0.3) is 16.9 Å². The molecular weight excluding hydrogens is 443 g/mol. The first kappa shape index (κ1) is 23.6. The van der Waals surface area contributed by atoms with E-state index in [0.29, 0.717) is 28.2 Å². The number of benzene rings is 2. The number of rotatable bonds is 6. The van der Waals surface area contributed by atoms with Gasteiger partial charge in [0.25, 0.3) is 0 Å². The van der Waals surface area contributed by atoms with Crippen molar-refractivity contribution in [1.82, 2.24) is 4.57 Å². The molecule has 0 saturated heterocycles. The molecule has 0 spiro atoms. The Bertz CT molecular complexity index is 1230. The Balaban J connectivity index is 2.14. The summed E-state index contributed by atoms with van der Waals surface area (Å²) >= 11 is 0. The van der Waals surface area contributed by atoms with E-state index < -0.39 is 27.5 Å². The Kier molecular flexibility index (Phi) is 6.50. The van der Waals surface area contributed by atoms with Gasteiger partial charge in [-0.2, -0.15) is 13.2 Å². The number of alkyl halides is 3. The van der Waals surface area contributed by atoms with Gasteiger partial charge in [-0.15, -0.1) is 0 Å². The van der Waals surface area contributed by atoms with Crippen molar-refractivity contribution < 1.29 is 31.1 Å². The lowest BCUT2D eigenvalue weighted by Crippen LogP contribution is -2.08. The maximum Gasteiger partial charge on any atom is 0.416 e. The molecule has 1 aromatic heterocycles. The van der Waals surface area contributed by atoms with Gasteiger partial charge in [-0.25, -0.2) is 8.42 Å². The van der Waals surface area contributed by atoms with Gasteiger partial charge in [-0.1, -0.05) is 12.1 Å². The average molecular weight is 465 g/mol. The Morgan fingerprint density at radius 1 is 1.03 bits per heavy atom.